The Bertz CT molecular complexity index is 846. The van der Waals surface area contributed by atoms with E-state index in [0.717, 1.165) is 29.4 Å². The van der Waals surface area contributed by atoms with E-state index in [9.17, 15) is 0 Å². The number of benzene rings is 2. The summed E-state index contributed by atoms with van der Waals surface area (Å²) < 4.78 is 0. The monoisotopic (exact) mass is 319 g/mol. The van der Waals surface area contributed by atoms with Crippen LogP contribution in [0.25, 0.3) is 27.3 Å². The van der Waals surface area contributed by atoms with Gasteiger partial charge in [0.2, 0.25) is 0 Å². The number of thioether (sulfide) groups is 1. The molecule has 5 nitrogen and oxygen atoms in total. The molecule has 4 rings (SSSR count). The van der Waals surface area contributed by atoms with Gasteiger partial charge in [0.25, 0.3) is 0 Å². The Labute approximate surface area is 138 Å². The first kappa shape index (κ1) is 13.9. The number of fused-ring (bicyclic) bond motifs is 1. The zero-order valence-electron chi connectivity index (χ0n) is 12.3. The van der Waals surface area contributed by atoms with Gasteiger partial charge < -0.3 is 4.90 Å². The lowest BCUT2D eigenvalue weighted by molar-refractivity contribution is 0.650. The van der Waals surface area contributed by atoms with Crippen LogP contribution in [0.5, 0.6) is 0 Å². The highest BCUT2D eigenvalue weighted by Gasteiger charge is 2.26. The summed E-state index contributed by atoms with van der Waals surface area (Å²) in [5.74, 6) is 0. The molecule has 2 aromatic rings. The molecule has 2 heterocycles. The SMILES string of the molecule is [N-]=[N+]=Nc1ccc(-c2ccc(C3=CSC4=NCCN34)cc2)cc1. The number of hydrogen-bond acceptors (Lipinski definition) is 4. The molecular formula is C17H13N5S. The van der Waals surface area contributed by atoms with Gasteiger partial charge in [-0.15, -0.1) is 0 Å². The van der Waals surface area contributed by atoms with Gasteiger partial charge in [0.05, 0.1) is 12.2 Å². The van der Waals surface area contributed by atoms with E-state index in [1.807, 2.05) is 24.3 Å². The van der Waals surface area contributed by atoms with Crippen LogP contribution in [0, 0.1) is 0 Å². The molecule has 2 aliphatic heterocycles. The first-order chi connectivity index (χ1) is 11.3. The molecule has 0 N–H and O–H groups in total. The van der Waals surface area contributed by atoms with Gasteiger partial charge in [-0.2, -0.15) is 0 Å². The standard InChI is InChI=1S/C17H13N5S/c18-21-20-15-7-5-13(6-8-15)12-1-3-14(4-2-12)16-11-23-17-19-9-10-22(16)17/h1-8,11H,9-10H2. The molecule has 6 heteroatoms. The van der Waals surface area contributed by atoms with Crippen molar-refractivity contribution in [3.8, 4) is 11.1 Å². The van der Waals surface area contributed by atoms with Gasteiger partial charge in [-0.1, -0.05) is 65.4 Å². The number of hydrogen-bond donors (Lipinski definition) is 0. The molecular weight excluding hydrogens is 306 g/mol. The van der Waals surface area contributed by atoms with E-state index in [1.54, 1.807) is 11.8 Å². The first-order valence-corrected chi connectivity index (χ1v) is 8.18. The summed E-state index contributed by atoms with van der Waals surface area (Å²) in [6.45, 7) is 1.85. The molecule has 0 saturated carbocycles. The smallest absolute Gasteiger partial charge is 0.168 e. The predicted molar refractivity (Wildman–Crippen MR) is 95.3 cm³/mol. The highest BCUT2D eigenvalue weighted by Crippen LogP contribution is 2.35. The lowest BCUT2D eigenvalue weighted by Crippen LogP contribution is -2.19. The van der Waals surface area contributed by atoms with E-state index in [4.69, 9.17) is 5.53 Å². The lowest BCUT2D eigenvalue weighted by atomic mass is 10.0. The second kappa shape index (κ2) is 5.83. The maximum absolute atomic E-state index is 8.44. The normalized spacial score (nSPS) is 15.7. The zero-order chi connectivity index (χ0) is 15.6. The Kier molecular flexibility index (Phi) is 3.54. The van der Waals surface area contributed by atoms with Crippen molar-refractivity contribution >= 4 is 28.3 Å². The van der Waals surface area contributed by atoms with Gasteiger partial charge >= 0.3 is 0 Å². The van der Waals surface area contributed by atoms with Gasteiger partial charge in [-0.3, -0.25) is 4.99 Å². The van der Waals surface area contributed by atoms with Crippen molar-refractivity contribution in [2.45, 2.75) is 0 Å². The molecule has 0 atom stereocenters. The second-order valence-corrected chi connectivity index (χ2v) is 6.09. The van der Waals surface area contributed by atoms with Crippen LogP contribution in [0.1, 0.15) is 5.56 Å². The zero-order valence-corrected chi connectivity index (χ0v) is 13.1. The van der Waals surface area contributed by atoms with E-state index >= 15 is 0 Å². The molecule has 0 spiro atoms. The van der Waals surface area contributed by atoms with Gasteiger partial charge in [-0.05, 0) is 22.2 Å². The largest absolute Gasteiger partial charge is 0.318 e. The van der Waals surface area contributed by atoms with Gasteiger partial charge in [0, 0.05) is 22.6 Å². The van der Waals surface area contributed by atoms with E-state index in [-0.39, 0.29) is 0 Å². The van der Waals surface area contributed by atoms with Crippen molar-refractivity contribution < 1.29 is 0 Å². The van der Waals surface area contributed by atoms with Gasteiger partial charge in [-0.25, -0.2) is 0 Å². The van der Waals surface area contributed by atoms with Crippen LogP contribution in [0.3, 0.4) is 0 Å². The van der Waals surface area contributed by atoms with Crippen molar-refractivity contribution in [1.82, 2.24) is 4.90 Å². The highest BCUT2D eigenvalue weighted by molar-refractivity contribution is 8.16. The number of nitrogens with zero attached hydrogens (tertiary/aromatic N) is 5. The average molecular weight is 319 g/mol. The average Bonchev–Trinajstić information content (AvgIpc) is 3.19. The third-order valence-corrected chi connectivity index (χ3v) is 4.81. The summed E-state index contributed by atoms with van der Waals surface area (Å²) in [7, 11) is 0. The molecule has 0 bridgehead atoms. The fraction of sp³-hybridized carbons (Fsp3) is 0.118. The lowest BCUT2D eigenvalue weighted by Gasteiger charge is -2.16. The predicted octanol–water partition coefficient (Wildman–Crippen LogP) is 5.01. The maximum atomic E-state index is 8.44. The van der Waals surface area contributed by atoms with Crippen LogP contribution in [0.4, 0.5) is 5.69 Å². The van der Waals surface area contributed by atoms with Crippen LogP contribution in [-0.4, -0.2) is 23.2 Å². The molecule has 0 saturated heterocycles. The van der Waals surface area contributed by atoms with E-state index in [1.165, 1.54) is 11.3 Å². The highest BCUT2D eigenvalue weighted by atomic mass is 32.2. The number of rotatable bonds is 3. The fourth-order valence-electron chi connectivity index (χ4n) is 2.75. The molecule has 2 aliphatic rings. The molecule has 0 fully saturated rings. The van der Waals surface area contributed by atoms with E-state index in [0.29, 0.717) is 5.69 Å². The van der Waals surface area contributed by atoms with Crippen molar-refractivity contribution in [3.63, 3.8) is 0 Å². The Hall–Kier alpha value is -2.69. The molecule has 0 unspecified atom stereocenters. The summed E-state index contributed by atoms with van der Waals surface area (Å²) >= 11 is 1.70. The minimum atomic E-state index is 0.627. The minimum absolute atomic E-state index is 0.627. The fourth-order valence-corrected chi connectivity index (χ4v) is 3.72. The maximum Gasteiger partial charge on any atom is 0.168 e. The van der Waals surface area contributed by atoms with Crippen LogP contribution >= 0.6 is 11.8 Å². The third kappa shape index (κ3) is 2.59. The summed E-state index contributed by atoms with van der Waals surface area (Å²) in [5, 5.41) is 6.87. The van der Waals surface area contributed by atoms with Crippen molar-refractivity contribution in [1.29, 1.82) is 0 Å². The molecule has 2 aromatic carbocycles. The summed E-state index contributed by atoms with van der Waals surface area (Å²) in [5.41, 5.74) is 13.8. The number of amidine groups is 1. The van der Waals surface area contributed by atoms with Crippen molar-refractivity contribution in [2.75, 3.05) is 13.1 Å². The Morgan fingerprint density at radius 2 is 1.65 bits per heavy atom. The summed E-state index contributed by atoms with van der Waals surface area (Å²) in [6, 6.07) is 16.1. The first-order valence-electron chi connectivity index (χ1n) is 7.30. The minimum Gasteiger partial charge on any atom is -0.318 e. The van der Waals surface area contributed by atoms with Crippen molar-refractivity contribution in [3.05, 3.63) is 69.9 Å². The van der Waals surface area contributed by atoms with E-state index < -0.39 is 0 Å². The Balaban J connectivity index is 1.58. The summed E-state index contributed by atoms with van der Waals surface area (Å²) in [6.07, 6.45) is 0. The number of aliphatic imine (C=N–C) groups is 1. The van der Waals surface area contributed by atoms with Crippen LogP contribution in [0.15, 0.2) is 64.0 Å². The molecule has 0 amide bonds. The van der Waals surface area contributed by atoms with Gasteiger partial charge in [0.15, 0.2) is 5.17 Å². The molecule has 0 aliphatic carbocycles. The molecule has 0 radical (unpaired) electrons. The molecule has 0 aromatic heterocycles. The molecule has 112 valence electrons. The third-order valence-electron chi connectivity index (χ3n) is 3.91. The van der Waals surface area contributed by atoms with Gasteiger partial charge in [0.1, 0.15) is 0 Å². The van der Waals surface area contributed by atoms with Crippen LogP contribution in [-0.2, 0) is 0 Å². The van der Waals surface area contributed by atoms with E-state index in [2.05, 4.69) is 49.6 Å². The summed E-state index contributed by atoms with van der Waals surface area (Å²) in [4.78, 5) is 9.55. The second-order valence-electron chi connectivity index (χ2n) is 5.25. The Morgan fingerprint density at radius 1 is 1.00 bits per heavy atom. The number of azide groups is 1. The van der Waals surface area contributed by atoms with Crippen LogP contribution < -0.4 is 0 Å². The Morgan fingerprint density at radius 3 is 2.35 bits per heavy atom. The topological polar surface area (TPSA) is 64.4 Å². The van der Waals surface area contributed by atoms with Crippen molar-refractivity contribution in [2.24, 2.45) is 10.1 Å². The quantitative estimate of drug-likeness (QED) is 0.453. The van der Waals surface area contributed by atoms with Crippen LogP contribution in [0.2, 0.25) is 0 Å². The molecule has 23 heavy (non-hydrogen) atoms.